The van der Waals surface area contributed by atoms with Gasteiger partial charge in [-0.2, -0.15) is 0 Å². The van der Waals surface area contributed by atoms with E-state index in [1.807, 2.05) is 20.8 Å². The van der Waals surface area contributed by atoms with E-state index in [9.17, 15) is 19.2 Å². The standard InChI is InChI=1S/C14H25N3O6/c1-14(2,3)16-8-10(19)15-7-11(20)17-12(23-9-18)5-4-6-13(21)22/h9,12,16H,4-8H2,1-3H3,(H,15,19)(H,17,20)(H,21,22). The zero-order valence-electron chi connectivity index (χ0n) is 13.7. The van der Waals surface area contributed by atoms with Gasteiger partial charge in [0.25, 0.3) is 6.47 Å². The van der Waals surface area contributed by atoms with E-state index in [0.29, 0.717) is 0 Å². The summed E-state index contributed by atoms with van der Waals surface area (Å²) >= 11 is 0. The molecule has 0 rings (SSSR count). The number of aliphatic carboxylic acids is 1. The van der Waals surface area contributed by atoms with Gasteiger partial charge >= 0.3 is 5.97 Å². The minimum Gasteiger partial charge on any atom is -0.481 e. The van der Waals surface area contributed by atoms with E-state index in [0.717, 1.165) is 0 Å². The van der Waals surface area contributed by atoms with E-state index in [1.165, 1.54) is 0 Å². The van der Waals surface area contributed by atoms with Crippen LogP contribution in [-0.2, 0) is 23.9 Å². The zero-order valence-corrected chi connectivity index (χ0v) is 13.7. The van der Waals surface area contributed by atoms with Crippen LogP contribution in [0.5, 0.6) is 0 Å². The summed E-state index contributed by atoms with van der Waals surface area (Å²) in [4.78, 5) is 44.0. The topological polar surface area (TPSA) is 134 Å². The normalized spacial score (nSPS) is 12.1. The molecule has 4 N–H and O–H groups in total. The third-order valence-corrected chi connectivity index (χ3v) is 2.62. The fraction of sp³-hybridized carbons (Fsp3) is 0.714. The third kappa shape index (κ3) is 13.2. The van der Waals surface area contributed by atoms with Crippen molar-refractivity contribution in [2.45, 2.75) is 51.8 Å². The van der Waals surface area contributed by atoms with Gasteiger partial charge in [0.2, 0.25) is 11.8 Å². The molecular formula is C14H25N3O6. The first-order valence-corrected chi connectivity index (χ1v) is 7.26. The Morgan fingerprint density at radius 1 is 1.17 bits per heavy atom. The van der Waals surface area contributed by atoms with Gasteiger partial charge in [0.1, 0.15) is 0 Å². The first-order valence-electron chi connectivity index (χ1n) is 7.26. The molecule has 0 saturated carbocycles. The number of carbonyl (C=O) groups is 4. The second kappa shape index (κ2) is 10.5. The molecule has 0 aromatic rings. The van der Waals surface area contributed by atoms with Crippen LogP contribution in [-0.4, -0.2) is 54.2 Å². The average molecular weight is 331 g/mol. The molecule has 0 aromatic heterocycles. The lowest BCUT2D eigenvalue weighted by Gasteiger charge is -2.20. The molecule has 0 aromatic carbocycles. The maximum atomic E-state index is 11.7. The summed E-state index contributed by atoms with van der Waals surface area (Å²) in [5, 5.41) is 16.3. The molecule has 0 radical (unpaired) electrons. The van der Waals surface area contributed by atoms with Crippen LogP contribution < -0.4 is 16.0 Å². The SMILES string of the molecule is CC(C)(C)NCC(=O)NCC(=O)NC(CCCC(=O)O)OC=O. The number of rotatable bonds is 11. The van der Waals surface area contributed by atoms with E-state index < -0.39 is 18.1 Å². The van der Waals surface area contributed by atoms with Gasteiger partial charge in [-0.15, -0.1) is 0 Å². The first-order chi connectivity index (χ1) is 10.6. The molecule has 1 atom stereocenters. The molecule has 0 aliphatic heterocycles. The number of hydrogen-bond acceptors (Lipinski definition) is 6. The van der Waals surface area contributed by atoms with Crippen molar-refractivity contribution in [3.05, 3.63) is 0 Å². The molecule has 0 heterocycles. The summed E-state index contributed by atoms with van der Waals surface area (Å²) in [6.07, 6.45) is -0.584. The Labute approximate surface area is 135 Å². The van der Waals surface area contributed by atoms with Crippen molar-refractivity contribution >= 4 is 24.3 Å². The van der Waals surface area contributed by atoms with Crippen LogP contribution >= 0.6 is 0 Å². The predicted molar refractivity (Wildman–Crippen MR) is 81.3 cm³/mol. The van der Waals surface area contributed by atoms with Crippen LogP contribution in [0.15, 0.2) is 0 Å². The second-order valence-corrected chi connectivity index (χ2v) is 5.95. The van der Waals surface area contributed by atoms with Gasteiger partial charge in [-0.3, -0.25) is 19.2 Å². The van der Waals surface area contributed by atoms with E-state index in [4.69, 9.17) is 5.11 Å². The quantitative estimate of drug-likeness (QED) is 0.292. The molecule has 2 amide bonds. The Bertz CT molecular complexity index is 419. The maximum absolute atomic E-state index is 11.7. The number of hydrogen-bond donors (Lipinski definition) is 4. The van der Waals surface area contributed by atoms with Gasteiger partial charge in [-0.1, -0.05) is 0 Å². The Hall–Kier alpha value is -2.16. The fourth-order valence-corrected chi connectivity index (χ4v) is 1.50. The number of ether oxygens (including phenoxy) is 1. The molecule has 0 saturated heterocycles. The van der Waals surface area contributed by atoms with Crippen molar-refractivity contribution in [1.82, 2.24) is 16.0 Å². The Morgan fingerprint density at radius 3 is 2.35 bits per heavy atom. The number of amides is 2. The smallest absolute Gasteiger partial charge is 0.303 e. The van der Waals surface area contributed by atoms with Crippen LogP contribution in [0.3, 0.4) is 0 Å². The molecule has 23 heavy (non-hydrogen) atoms. The molecule has 9 heteroatoms. The highest BCUT2D eigenvalue weighted by Crippen LogP contribution is 2.02. The molecule has 1 unspecified atom stereocenters. The van der Waals surface area contributed by atoms with Gasteiger partial charge in [0, 0.05) is 18.4 Å². The Morgan fingerprint density at radius 2 is 1.83 bits per heavy atom. The van der Waals surface area contributed by atoms with Crippen molar-refractivity contribution in [2.75, 3.05) is 13.1 Å². The summed E-state index contributed by atoms with van der Waals surface area (Å²) in [7, 11) is 0. The Kier molecular flexibility index (Phi) is 9.56. The van der Waals surface area contributed by atoms with Gasteiger partial charge in [0.05, 0.1) is 13.1 Å². The lowest BCUT2D eigenvalue weighted by Crippen LogP contribution is -2.47. The number of carboxylic acid groups (broad SMARTS) is 1. The van der Waals surface area contributed by atoms with E-state index in [2.05, 4.69) is 20.7 Å². The first kappa shape index (κ1) is 20.8. The second-order valence-electron chi connectivity index (χ2n) is 5.95. The fourth-order valence-electron chi connectivity index (χ4n) is 1.50. The van der Waals surface area contributed by atoms with Gasteiger partial charge in [-0.05, 0) is 27.2 Å². The van der Waals surface area contributed by atoms with Crippen LogP contribution in [0.25, 0.3) is 0 Å². The van der Waals surface area contributed by atoms with Crippen LogP contribution in [0.2, 0.25) is 0 Å². The van der Waals surface area contributed by atoms with Crippen molar-refractivity contribution < 1.29 is 29.0 Å². The van der Waals surface area contributed by atoms with E-state index >= 15 is 0 Å². The highest BCUT2D eigenvalue weighted by molar-refractivity contribution is 5.85. The van der Waals surface area contributed by atoms with Crippen molar-refractivity contribution in [3.8, 4) is 0 Å². The van der Waals surface area contributed by atoms with Crippen molar-refractivity contribution in [1.29, 1.82) is 0 Å². The van der Waals surface area contributed by atoms with Crippen LogP contribution in [0.4, 0.5) is 0 Å². The summed E-state index contributed by atoms with van der Waals surface area (Å²) in [6, 6.07) is 0. The zero-order chi connectivity index (χ0) is 17.9. The molecule has 9 nitrogen and oxygen atoms in total. The van der Waals surface area contributed by atoms with Gasteiger partial charge in [0.15, 0.2) is 6.23 Å². The molecule has 0 bridgehead atoms. The molecule has 132 valence electrons. The molecular weight excluding hydrogens is 306 g/mol. The summed E-state index contributed by atoms with van der Waals surface area (Å²) in [5.74, 6) is -1.84. The molecule has 0 aliphatic carbocycles. The average Bonchev–Trinajstić information content (AvgIpc) is 2.42. The predicted octanol–water partition coefficient (Wildman–Crippen LogP) is -0.639. The number of nitrogens with one attached hydrogen (secondary N) is 3. The third-order valence-electron chi connectivity index (χ3n) is 2.62. The van der Waals surface area contributed by atoms with Crippen LogP contribution in [0.1, 0.15) is 40.0 Å². The van der Waals surface area contributed by atoms with Crippen molar-refractivity contribution in [3.63, 3.8) is 0 Å². The monoisotopic (exact) mass is 331 g/mol. The lowest BCUT2D eigenvalue weighted by atomic mass is 10.1. The maximum Gasteiger partial charge on any atom is 0.303 e. The minimum absolute atomic E-state index is 0.0731. The highest BCUT2D eigenvalue weighted by Gasteiger charge is 2.15. The summed E-state index contributed by atoms with van der Waals surface area (Å²) in [5.41, 5.74) is -0.216. The largest absolute Gasteiger partial charge is 0.481 e. The molecule has 0 fully saturated rings. The van der Waals surface area contributed by atoms with Crippen LogP contribution in [0, 0.1) is 0 Å². The minimum atomic E-state index is -0.972. The highest BCUT2D eigenvalue weighted by atomic mass is 16.5. The van der Waals surface area contributed by atoms with Gasteiger partial charge in [-0.25, -0.2) is 0 Å². The summed E-state index contributed by atoms with van der Waals surface area (Å²) in [6.45, 7) is 5.71. The molecule has 0 aliphatic rings. The van der Waals surface area contributed by atoms with Crippen molar-refractivity contribution in [2.24, 2.45) is 0 Å². The number of carboxylic acids is 1. The van der Waals surface area contributed by atoms with E-state index in [1.54, 1.807) is 0 Å². The summed E-state index contributed by atoms with van der Waals surface area (Å²) < 4.78 is 4.66. The Balaban J connectivity index is 4.09. The number of carbonyl (C=O) groups excluding carboxylic acids is 3. The van der Waals surface area contributed by atoms with Gasteiger partial charge < -0.3 is 25.8 Å². The molecule has 0 spiro atoms. The lowest BCUT2D eigenvalue weighted by molar-refractivity contribution is -0.139. The van der Waals surface area contributed by atoms with E-state index in [-0.39, 0.29) is 50.3 Å².